The van der Waals surface area contributed by atoms with Gasteiger partial charge in [-0.2, -0.15) is 13.2 Å². The fourth-order valence-corrected chi connectivity index (χ4v) is 2.80. The lowest BCUT2D eigenvalue weighted by molar-refractivity contribution is -0.138. The van der Waals surface area contributed by atoms with Crippen molar-refractivity contribution in [3.8, 4) is 0 Å². The smallest absolute Gasteiger partial charge is 0.416 e. The molecule has 0 bridgehead atoms. The molecule has 2 rings (SSSR count). The third-order valence-corrected chi connectivity index (χ3v) is 4.04. The molecule has 148 valence electrons. The number of H-pyrrole nitrogens is 1. The number of Topliss-reactive ketones (excluding diaryl/α,β-unsaturated/α-hetero) is 2. The minimum atomic E-state index is -4.48. The Bertz CT molecular complexity index is 955. The van der Waals surface area contributed by atoms with Crippen LogP contribution in [0, 0.1) is 13.8 Å². The topological polar surface area (TPSA) is 76.2 Å². The number of hydrogen-bond donors (Lipinski definition) is 1. The Morgan fingerprint density at radius 2 is 1.86 bits per heavy atom. The molecule has 0 amide bonds. The summed E-state index contributed by atoms with van der Waals surface area (Å²) < 4.78 is 42.9. The van der Waals surface area contributed by atoms with Gasteiger partial charge in [-0.15, -0.1) is 0 Å². The molecule has 0 atom stereocenters. The maximum Gasteiger partial charge on any atom is 0.416 e. The van der Waals surface area contributed by atoms with Crippen molar-refractivity contribution in [2.45, 2.75) is 26.9 Å². The van der Waals surface area contributed by atoms with E-state index in [0.717, 1.165) is 18.2 Å². The summed E-state index contributed by atoms with van der Waals surface area (Å²) in [5.74, 6) is -1.58. The lowest BCUT2D eigenvalue weighted by atomic mass is 10.1. The van der Waals surface area contributed by atoms with Crippen LogP contribution in [-0.2, 0) is 15.7 Å². The number of aromatic nitrogens is 1. The summed E-state index contributed by atoms with van der Waals surface area (Å²) in [6.45, 7) is 4.09. The SMILES string of the molecule is CC(=O)c1c(C)[nH]c(C(=O)COC(=O)C=Cc2cccc(C(F)(F)F)c2)c1C. The quantitative estimate of drug-likeness (QED) is 0.451. The van der Waals surface area contributed by atoms with E-state index < -0.39 is 30.1 Å². The predicted molar refractivity (Wildman–Crippen MR) is 96.0 cm³/mol. The predicted octanol–water partition coefficient (Wildman–Crippen LogP) is 4.29. The van der Waals surface area contributed by atoms with Crippen LogP contribution in [0.5, 0.6) is 0 Å². The highest BCUT2D eigenvalue weighted by Gasteiger charge is 2.30. The highest BCUT2D eigenvalue weighted by molar-refractivity contribution is 6.04. The van der Waals surface area contributed by atoms with Gasteiger partial charge in [-0.25, -0.2) is 4.79 Å². The average molecular weight is 393 g/mol. The monoisotopic (exact) mass is 393 g/mol. The second kappa shape index (κ2) is 8.24. The van der Waals surface area contributed by atoms with Gasteiger partial charge in [0.25, 0.3) is 0 Å². The van der Waals surface area contributed by atoms with E-state index in [9.17, 15) is 27.6 Å². The molecule has 8 heteroatoms. The van der Waals surface area contributed by atoms with E-state index in [4.69, 9.17) is 4.74 Å². The fraction of sp³-hybridized carbons (Fsp3) is 0.250. The maximum absolute atomic E-state index is 12.7. The molecular formula is C20H18F3NO4. The van der Waals surface area contributed by atoms with Crippen molar-refractivity contribution >= 4 is 23.6 Å². The van der Waals surface area contributed by atoms with Crippen molar-refractivity contribution in [3.05, 3.63) is 64.0 Å². The summed E-state index contributed by atoms with van der Waals surface area (Å²) >= 11 is 0. The zero-order valence-corrected chi connectivity index (χ0v) is 15.4. The molecular weight excluding hydrogens is 375 g/mol. The van der Waals surface area contributed by atoms with Gasteiger partial charge in [0.15, 0.2) is 12.4 Å². The first-order valence-corrected chi connectivity index (χ1v) is 8.26. The molecule has 0 saturated heterocycles. The number of ether oxygens (including phenoxy) is 1. The first-order chi connectivity index (χ1) is 13.0. The second-order valence-corrected chi connectivity index (χ2v) is 6.17. The van der Waals surface area contributed by atoms with Gasteiger partial charge in [0.2, 0.25) is 5.78 Å². The van der Waals surface area contributed by atoms with E-state index in [1.165, 1.54) is 25.1 Å². The highest BCUT2D eigenvalue weighted by Crippen LogP contribution is 2.29. The van der Waals surface area contributed by atoms with Crippen LogP contribution in [0.25, 0.3) is 6.08 Å². The Morgan fingerprint density at radius 1 is 1.18 bits per heavy atom. The van der Waals surface area contributed by atoms with Gasteiger partial charge in [-0.3, -0.25) is 9.59 Å². The van der Waals surface area contributed by atoms with Gasteiger partial charge in [-0.05, 0) is 50.1 Å². The molecule has 0 unspecified atom stereocenters. The van der Waals surface area contributed by atoms with Crippen LogP contribution < -0.4 is 0 Å². The van der Waals surface area contributed by atoms with Crippen molar-refractivity contribution < 1.29 is 32.3 Å². The van der Waals surface area contributed by atoms with E-state index in [2.05, 4.69) is 4.98 Å². The molecule has 0 aliphatic carbocycles. The Balaban J connectivity index is 2.01. The van der Waals surface area contributed by atoms with Gasteiger partial charge < -0.3 is 9.72 Å². The van der Waals surface area contributed by atoms with E-state index in [0.29, 0.717) is 16.8 Å². The molecule has 0 saturated carbocycles. The molecule has 1 aromatic carbocycles. The molecule has 1 aromatic heterocycles. The largest absolute Gasteiger partial charge is 0.454 e. The van der Waals surface area contributed by atoms with Crippen LogP contribution in [0.15, 0.2) is 30.3 Å². The van der Waals surface area contributed by atoms with Gasteiger partial charge in [0.05, 0.1) is 11.3 Å². The zero-order valence-electron chi connectivity index (χ0n) is 15.4. The number of rotatable bonds is 6. The molecule has 1 heterocycles. The minimum Gasteiger partial charge on any atom is -0.454 e. The van der Waals surface area contributed by atoms with Crippen LogP contribution >= 0.6 is 0 Å². The molecule has 2 aromatic rings. The van der Waals surface area contributed by atoms with Crippen LogP contribution in [0.3, 0.4) is 0 Å². The number of hydrogen-bond acceptors (Lipinski definition) is 4. The molecule has 28 heavy (non-hydrogen) atoms. The highest BCUT2D eigenvalue weighted by atomic mass is 19.4. The van der Waals surface area contributed by atoms with Gasteiger partial charge in [0, 0.05) is 17.3 Å². The van der Waals surface area contributed by atoms with E-state index in [-0.39, 0.29) is 17.0 Å². The van der Waals surface area contributed by atoms with Crippen molar-refractivity contribution in [3.63, 3.8) is 0 Å². The molecule has 0 spiro atoms. The molecule has 0 aliphatic rings. The first-order valence-electron chi connectivity index (χ1n) is 8.26. The summed E-state index contributed by atoms with van der Waals surface area (Å²) in [4.78, 5) is 38.4. The zero-order chi connectivity index (χ0) is 21.1. The van der Waals surface area contributed by atoms with E-state index in [1.54, 1.807) is 13.8 Å². The molecule has 1 N–H and O–H groups in total. The number of aromatic amines is 1. The fourth-order valence-electron chi connectivity index (χ4n) is 2.80. The number of halogens is 3. The first kappa shape index (κ1) is 21.1. The van der Waals surface area contributed by atoms with Crippen molar-refractivity contribution in [1.82, 2.24) is 4.98 Å². The standard InChI is InChI=1S/C20H18F3NO4/c1-11-18(13(3)25)12(2)24-19(11)16(26)10-28-17(27)8-7-14-5-4-6-15(9-14)20(21,22)23/h4-9,24H,10H2,1-3H3. The summed E-state index contributed by atoms with van der Waals surface area (Å²) in [5.41, 5.74) is 0.947. The number of benzene rings is 1. The van der Waals surface area contributed by atoms with Crippen LogP contribution in [0.1, 0.15) is 50.2 Å². The minimum absolute atomic E-state index is 0.167. The summed E-state index contributed by atoms with van der Waals surface area (Å²) in [7, 11) is 0. The van der Waals surface area contributed by atoms with Crippen molar-refractivity contribution in [2.75, 3.05) is 6.61 Å². The normalized spacial score (nSPS) is 11.6. The summed E-state index contributed by atoms with van der Waals surface area (Å²) in [6.07, 6.45) is -2.38. The van der Waals surface area contributed by atoms with Crippen molar-refractivity contribution in [2.24, 2.45) is 0 Å². The molecule has 5 nitrogen and oxygen atoms in total. The number of esters is 1. The van der Waals surface area contributed by atoms with Crippen molar-refractivity contribution in [1.29, 1.82) is 0 Å². The number of alkyl halides is 3. The van der Waals surface area contributed by atoms with Crippen LogP contribution in [0.4, 0.5) is 13.2 Å². The third kappa shape index (κ3) is 4.97. The number of carbonyl (C=O) groups excluding carboxylic acids is 3. The second-order valence-electron chi connectivity index (χ2n) is 6.17. The molecule has 0 fully saturated rings. The number of carbonyl (C=O) groups is 3. The summed E-state index contributed by atoms with van der Waals surface area (Å²) in [5, 5.41) is 0. The number of ketones is 2. The lowest BCUT2D eigenvalue weighted by Crippen LogP contribution is -2.14. The molecule has 0 aliphatic heterocycles. The third-order valence-electron chi connectivity index (χ3n) is 4.04. The Morgan fingerprint density at radius 3 is 2.43 bits per heavy atom. The Labute approximate surface area is 159 Å². The number of aryl methyl sites for hydroxylation is 1. The van der Waals surface area contributed by atoms with Crippen LogP contribution in [0.2, 0.25) is 0 Å². The van der Waals surface area contributed by atoms with E-state index >= 15 is 0 Å². The Hall–Kier alpha value is -3.16. The van der Waals surface area contributed by atoms with Crippen LogP contribution in [-0.4, -0.2) is 29.1 Å². The number of nitrogens with one attached hydrogen (secondary N) is 1. The maximum atomic E-state index is 12.7. The van der Waals surface area contributed by atoms with Gasteiger partial charge in [-0.1, -0.05) is 12.1 Å². The average Bonchev–Trinajstić information content (AvgIpc) is 2.92. The van der Waals surface area contributed by atoms with Gasteiger partial charge >= 0.3 is 12.1 Å². The lowest BCUT2D eigenvalue weighted by Gasteiger charge is -2.06. The van der Waals surface area contributed by atoms with E-state index in [1.807, 2.05) is 0 Å². The molecule has 0 radical (unpaired) electrons. The summed E-state index contributed by atoms with van der Waals surface area (Å²) in [6, 6.07) is 4.44. The van der Waals surface area contributed by atoms with Gasteiger partial charge in [0.1, 0.15) is 0 Å². The Kier molecular flexibility index (Phi) is 6.23.